The third-order valence-corrected chi connectivity index (χ3v) is 20.4. The smallest absolute Gasteiger partial charge is 0.221 e. The van der Waals surface area contributed by atoms with Crippen molar-refractivity contribution in [2.24, 2.45) is 0 Å². The first-order valence-corrected chi connectivity index (χ1v) is 33.4. The number of hydrogen-bond acceptors (Lipinski definition) is 6. The largest absolute Gasteiger partial charge is 0.279 e. The van der Waals surface area contributed by atoms with Crippen LogP contribution in [0.3, 0.4) is 0 Å². The molecule has 0 atom stereocenters. The summed E-state index contributed by atoms with van der Waals surface area (Å²) in [5.74, 6) is 1.66. The van der Waals surface area contributed by atoms with Crippen molar-refractivity contribution >= 4 is 130 Å². The van der Waals surface area contributed by atoms with Crippen molar-refractivity contribution in [3.05, 3.63) is 322 Å². The van der Waals surface area contributed by atoms with Crippen molar-refractivity contribution in [3.63, 3.8) is 0 Å². The standard InChI is InChI=1S/C49H31N5.C38H22N4S/c1-3-14-32(15-4-1)43-30-37(31-44(50-43)33-16-5-2-6-17-33)35-19-13-18-34(28-35)36-26-27-46-40(29-36)38-20-8-11-24-45(38)53(46)49-52-41-22-9-7-21-39(41)48-51-42-23-10-12-25-47(42)54(48)49;1-4-12-30-27(11-1)37-39-31-13-5-7-15-34(31)42(37)38(40-30)41-32-14-6-2-9-25(32)28-21-23(17-19-33(28)41)24-18-20-36-29(22-24)26-10-3-8-16-35(26)43-36/h1-31H;1-22H. The number of fused-ring (bicyclic) bond motifs is 19. The Morgan fingerprint density at radius 3 is 1.10 bits per heavy atom. The molecule has 0 unspecified atom stereocenters. The number of aromatic nitrogens is 9. The van der Waals surface area contributed by atoms with E-state index in [4.69, 9.17) is 24.9 Å². The molecule has 10 heteroatoms. The van der Waals surface area contributed by atoms with Gasteiger partial charge in [-0.2, -0.15) is 0 Å². The van der Waals surface area contributed by atoms with Gasteiger partial charge < -0.3 is 0 Å². The highest BCUT2D eigenvalue weighted by Gasteiger charge is 2.23. The van der Waals surface area contributed by atoms with Crippen LogP contribution in [-0.2, 0) is 0 Å². The zero-order chi connectivity index (χ0) is 63.7. The minimum atomic E-state index is 0.819. The fraction of sp³-hybridized carbons (Fsp3) is 0. The lowest BCUT2D eigenvalue weighted by Gasteiger charge is -2.13. The Kier molecular flexibility index (Phi) is 12.3. The molecule has 0 aliphatic carbocycles. The molecule has 0 saturated heterocycles. The van der Waals surface area contributed by atoms with E-state index in [-0.39, 0.29) is 0 Å². The summed E-state index contributed by atoms with van der Waals surface area (Å²) in [5, 5.41) is 9.46. The monoisotopic (exact) mass is 1260 g/mol. The number of thiophene rings is 1. The molecule has 452 valence electrons. The lowest BCUT2D eigenvalue weighted by atomic mass is 9.96. The Balaban J connectivity index is 0.000000135. The molecule has 21 aromatic rings. The second-order valence-electron chi connectivity index (χ2n) is 24.8. The molecule has 97 heavy (non-hydrogen) atoms. The zero-order valence-corrected chi connectivity index (χ0v) is 52.8. The normalized spacial score (nSPS) is 11.9. The van der Waals surface area contributed by atoms with E-state index in [2.05, 4.69) is 303 Å². The van der Waals surface area contributed by atoms with Gasteiger partial charge in [-0.05, 0) is 155 Å². The summed E-state index contributed by atoms with van der Waals surface area (Å²) >= 11 is 1.86. The molecule has 13 aromatic carbocycles. The molecule has 0 radical (unpaired) electrons. The molecule has 0 aliphatic heterocycles. The maximum absolute atomic E-state index is 5.33. The summed E-state index contributed by atoms with van der Waals surface area (Å²) in [6.45, 7) is 0. The molecule has 0 spiro atoms. The Labute approximate surface area is 559 Å². The van der Waals surface area contributed by atoms with Crippen molar-refractivity contribution in [3.8, 4) is 67.8 Å². The van der Waals surface area contributed by atoms with E-state index in [1.54, 1.807) is 0 Å². The average Bonchev–Trinajstić information content (AvgIpc) is 1.59. The number of pyridine rings is 1. The van der Waals surface area contributed by atoms with Crippen LogP contribution < -0.4 is 0 Å². The lowest BCUT2D eigenvalue weighted by molar-refractivity contribution is 0.979. The van der Waals surface area contributed by atoms with Gasteiger partial charge in [-0.3, -0.25) is 17.9 Å². The fourth-order valence-electron chi connectivity index (χ4n) is 14.7. The summed E-state index contributed by atoms with van der Waals surface area (Å²) < 4.78 is 11.7. The molecule has 21 rings (SSSR count). The predicted octanol–water partition coefficient (Wildman–Crippen LogP) is 22.4. The van der Waals surface area contributed by atoms with Crippen LogP contribution >= 0.6 is 11.3 Å². The van der Waals surface area contributed by atoms with Gasteiger partial charge in [-0.25, -0.2) is 24.9 Å². The summed E-state index contributed by atoms with van der Waals surface area (Å²) in [6, 6.07) is 114. The Morgan fingerprint density at radius 1 is 0.206 bits per heavy atom. The number of nitrogens with zero attached hydrogens (tertiary/aromatic N) is 9. The van der Waals surface area contributed by atoms with E-state index >= 15 is 0 Å². The molecule has 0 aliphatic rings. The maximum atomic E-state index is 5.33. The quantitative estimate of drug-likeness (QED) is 0.159. The van der Waals surface area contributed by atoms with Crippen LogP contribution in [0.4, 0.5) is 0 Å². The molecule has 8 aromatic heterocycles. The summed E-state index contributed by atoms with van der Waals surface area (Å²) in [7, 11) is 0. The summed E-state index contributed by atoms with van der Waals surface area (Å²) in [6.07, 6.45) is 0. The van der Waals surface area contributed by atoms with Gasteiger partial charge in [-0.1, -0.05) is 200 Å². The van der Waals surface area contributed by atoms with Crippen molar-refractivity contribution in [1.82, 2.24) is 42.9 Å². The van der Waals surface area contributed by atoms with Gasteiger partial charge >= 0.3 is 0 Å². The van der Waals surface area contributed by atoms with Crippen LogP contribution in [0.25, 0.3) is 187 Å². The molecule has 0 bridgehead atoms. The van der Waals surface area contributed by atoms with Crippen LogP contribution in [-0.4, -0.2) is 42.9 Å². The highest BCUT2D eigenvalue weighted by Crippen LogP contribution is 2.42. The van der Waals surface area contributed by atoms with Gasteiger partial charge in [0.2, 0.25) is 11.9 Å². The van der Waals surface area contributed by atoms with E-state index in [1.165, 1.54) is 52.8 Å². The summed E-state index contributed by atoms with van der Waals surface area (Å²) in [4.78, 5) is 25.9. The SMILES string of the molecule is c1ccc(-c2cc(-c3cccc(-c4ccc5c(c4)c4ccccc4n5-c4nc5ccccc5c5nc6ccccc6n45)c3)cc(-c3ccccc3)n2)cc1.c1ccc2c(c1)nc(-n1c3ccccc3c3cc(-c4ccc5sc6ccccc6c5c4)ccc31)n1c3ccccc3nc21. The van der Waals surface area contributed by atoms with Crippen LogP contribution in [0.2, 0.25) is 0 Å². The van der Waals surface area contributed by atoms with Crippen molar-refractivity contribution < 1.29 is 0 Å². The molecule has 0 amide bonds. The van der Waals surface area contributed by atoms with Crippen LogP contribution in [0.5, 0.6) is 0 Å². The highest BCUT2D eigenvalue weighted by atomic mass is 32.1. The van der Waals surface area contributed by atoms with Gasteiger partial charge in [-0.15, -0.1) is 11.3 Å². The third-order valence-electron chi connectivity index (χ3n) is 19.2. The highest BCUT2D eigenvalue weighted by molar-refractivity contribution is 7.25. The Bertz CT molecular complexity index is 6720. The van der Waals surface area contributed by atoms with Crippen molar-refractivity contribution in [2.45, 2.75) is 0 Å². The third kappa shape index (κ3) is 8.81. The Hall–Kier alpha value is -12.9. The molecule has 0 saturated carbocycles. The van der Waals surface area contributed by atoms with Gasteiger partial charge in [0, 0.05) is 63.6 Å². The fourth-order valence-corrected chi connectivity index (χ4v) is 15.8. The van der Waals surface area contributed by atoms with Gasteiger partial charge in [0.25, 0.3) is 0 Å². The maximum Gasteiger partial charge on any atom is 0.221 e. The second kappa shape index (κ2) is 21.9. The predicted molar refractivity (Wildman–Crippen MR) is 403 cm³/mol. The minimum Gasteiger partial charge on any atom is -0.279 e. The molecular weight excluding hydrogens is 1200 g/mol. The first kappa shape index (κ1) is 54.6. The van der Waals surface area contributed by atoms with Gasteiger partial charge in [0.15, 0.2) is 0 Å². The molecule has 0 fully saturated rings. The number of para-hydroxylation sites is 8. The average molecular weight is 1260 g/mol. The molecule has 0 N–H and O–H groups in total. The van der Waals surface area contributed by atoms with Gasteiger partial charge in [0.05, 0.1) is 66.6 Å². The van der Waals surface area contributed by atoms with Crippen LogP contribution in [0.1, 0.15) is 0 Å². The number of hydrogen-bond donors (Lipinski definition) is 0. The number of rotatable bonds is 7. The first-order chi connectivity index (χ1) is 48.1. The van der Waals surface area contributed by atoms with E-state index in [1.807, 2.05) is 47.7 Å². The Morgan fingerprint density at radius 2 is 0.577 bits per heavy atom. The molecular formula is C87H53N9S. The minimum absolute atomic E-state index is 0.819. The second-order valence-corrected chi connectivity index (χ2v) is 25.9. The van der Waals surface area contributed by atoms with Gasteiger partial charge in [0.1, 0.15) is 11.3 Å². The summed E-state index contributed by atoms with van der Waals surface area (Å²) in [5.41, 5.74) is 23.2. The lowest BCUT2D eigenvalue weighted by Crippen LogP contribution is -2.06. The first-order valence-electron chi connectivity index (χ1n) is 32.6. The molecule has 8 heterocycles. The van der Waals surface area contributed by atoms with Crippen LogP contribution in [0, 0.1) is 0 Å². The number of imidazole rings is 2. The van der Waals surface area contributed by atoms with E-state index in [9.17, 15) is 0 Å². The van der Waals surface area contributed by atoms with Crippen molar-refractivity contribution in [1.29, 1.82) is 0 Å². The molecule has 9 nitrogen and oxygen atoms in total. The van der Waals surface area contributed by atoms with Crippen LogP contribution in [0.15, 0.2) is 322 Å². The van der Waals surface area contributed by atoms with Crippen molar-refractivity contribution in [2.75, 3.05) is 0 Å². The van der Waals surface area contributed by atoms with E-state index in [0.29, 0.717) is 0 Å². The number of benzene rings is 13. The van der Waals surface area contributed by atoms with E-state index in [0.717, 1.165) is 134 Å². The van der Waals surface area contributed by atoms with E-state index < -0.39 is 0 Å². The topological polar surface area (TPSA) is 83.1 Å². The zero-order valence-electron chi connectivity index (χ0n) is 52.0.